The SMILES string of the molecule is CCCCCCC1CC(C23C[C@@H]4[C@H](C)CC[C@H]4C4(C=O)CC2C=C(C(C)C)[C@@]34C(=O)O)OC1CN(C)Cc1cccnc1. The van der Waals surface area contributed by atoms with Crippen molar-refractivity contribution in [2.45, 2.75) is 111 Å². The topological polar surface area (TPSA) is 79.7 Å². The van der Waals surface area contributed by atoms with Crippen molar-refractivity contribution in [3.05, 3.63) is 41.7 Å². The number of unbranched alkanes of at least 4 members (excludes halogenated alkanes) is 3. The maximum atomic E-state index is 14.0. The van der Waals surface area contributed by atoms with Crippen molar-refractivity contribution >= 4 is 12.3 Å². The highest BCUT2D eigenvalue weighted by Gasteiger charge is 2.86. The van der Waals surface area contributed by atoms with Gasteiger partial charge in [0.15, 0.2) is 0 Å². The van der Waals surface area contributed by atoms with E-state index >= 15 is 0 Å². The third-order valence-corrected chi connectivity index (χ3v) is 13.1. The number of carboxylic acid groups (broad SMARTS) is 1. The Kier molecular flexibility index (Phi) is 8.43. The highest BCUT2D eigenvalue weighted by molar-refractivity contribution is 5.90. The molecule has 1 aliphatic heterocycles. The lowest BCUT2D eigenvalue weighted by Crippen LogP contribution is -2.65. The summed E-state index contributed by atoms with van der Waals surface area (Å²) in [6, 6.07) is 4.11. The molecule has 2 heterocycles. The number of hydrogen-bond donors (Lipinski definition) is 1. The van der Waals surface area contributed by atoms with E-state index in [-0.39, 0.29) is 30.0 Å². The van der Waals surface area contributed by atoms with E-state index in [9.17, 15) is 14.7 Å². The van der Waals surface area contributed by atoms with E-state index in [0.717, 1.165) is 57.1 Å². The van der Waals surface area contributed by atoms with E-state index < -0.39 is 22.2 Å². The number of nitrogens with zero attached hydrogens (tertiary/aromatic N) is 2. The second-order valence-corrected chi connectivity index (χ2v) is 15.4. The summed E-state index contributed by atoms with van der Waals surface area (Å²) >= 11 is 0. The Labute approximate surface area is 259 Å². The summed E-state index contributed by atoms with van der Waals surface area (Å²) in [6.07, 6.45) is 17.7. The number of ether oxygens (including phenoxy) is 1. The molecular weight excluding hydrogens is 536 g/mol. The Hall–Kier alpha value is -2.05. The van der Waals surface area contributed by atoms with Gasteiger partial charge in [-0.25, -0.2) is 0 Å². The van der Waals surface area contributed by atoms with Gasteiger partial charge >= 0.3 is 5.97 Å². The van der Waals surface area contributed by atoms with Gasteiger partial charge in [-0.1, -0.05) is 77.5 Å². The Balaban J connectivity index is 1.38. The zero-order valence-corrected chi connectivity index (χ0v) is 27.1. The van der Waals surface area contributed by atoms with E-state index in [1.165, 1.54) is 31.2 Å². The van der Waals surface area contributed by atoms with Gasteiger partial charge < -0.3 is 14.6 Å². The molecule has 5 aliphatic rings. The van der Waals surface area contributed by atoms with Crippen molar-refractivity contribution in [1.29, 1.82) is 0 Å². The molecule has 1 N–H and O–H groups in total. The predicted octanol–water partition coefficient (Wildman–Crippen LogP) is 7.18. The number of hydrogen-bond acceptors (Lipinski definition) is 5. The van der Waals surface area contributed by atoms with Crippen LogP contribution in [0.3, 0.4) is 0 Å². The maximum absolute atomic E-state index is 14.0. The van der Waals surface area contributed by atoms with Crippen LogP contribution < -0.4 is 0 Å². The standard InChI is InChI=1S/C37H54N2O4/c1-6-7-8-9-12-27-16-33(43-32(27)22-39(5)21-26-11-10-15-38-20-26)36-19-29-25(4)13-14-30(29)35(23-40)18-28(36)17-31(24(2)3)37(35,36)34(41)42/h10-11,15,17,20,23-25,27-30,32-33H,6-9,12-14,16,18-19,21-22H2,1-5H3,(H,41,42)/t25-,27?,28?,29-,30-,32?,33?,35?,36?,37+/m1/s1. The Bertz CT molecular complexity index is 1220. The molecule has 43 heavy (non-hydrogen) atoms. The van der Waals surface area contributed by atoms with Crippen LogP contribution in [0.1, 0.15) is 97.5 Å². The highest BCUT2D eigenvalue weighted by atomic mass is 16.5. The van der Waals surface area contributed by atoms with Crippen molar-refractivity contribution in [3.8, 4) is 0 Å². The van der Waals surface area contributed by atoms with Gasteiger partial charge in [-0.05, 0) is 86.3 Å². The van der Waals surface area contributed by atoms with Crippen LogP contribution in [-0.2, 0) is 20.9 Å². The van der Waals surface area contributed by atoms with Crippen molar-refractivity contribution in [2.75, 3.05) is 13.6 Å². The van der Waals surface area contributed by atoms with Crippen molar-refractivity contribution in [2.24, 2.45) is 51.8 Å². The minimum Gasteiger partial charge on any atom is -0.481 e. The second-order valence-electron chi connectivity index (χ2n) is 15.4. The molecule has 0 amide bonds. The van der Waals surface area contributed by atoms with Gasteiger partial charge in [-0.3, -0.25) is 14.7 Å². The largest absolute Gasteiger partial charge is 0.481 e. The number of likely N-dealkylation sites (N-methyl/N-ethyl adjacent to an activating group) is 1. The molecular formula is C37H54N2O4. The molecule has 236 valence electrons. The molecule has 6 heteroatoms. The monoisotopic (exact) mass is 590 g/mol. The zero-order valence-electron chi connectivity index (χ0n) is 27.1. The minimum absolute atomic E-state index is 0.0559. The molecule has 0 aromatic carbocycles. The Morgan fingerprint density at radius 1 is 1.23 bits per heavy atom. The van der Waals surface area contributed by atoms with E-state index in [4.69, 9.17) is 4.74 Å². The van der Waals surface area contributed by atoms with E-state index in [1.54, 1.807) is 0 Å². The third kappa shape index (κ3) is 4.43. The molecule has 3 saturated carbocycles. The number of rotatable bonds is 13. The number of aliphatic carboxylic acids is 1. The summed E-state index contributed by atoms with van der Waals surface area (Å²) in [7, 11) is 2.16. The van der Waals surface area contributed by atoms with Gasteiger partial charge in [0.25, 0.3) is 0 Å². The first kappa shape index (κ1) is 31.0. The van der Waals surface area contributed by atoms with Crippen LogP contribution in [-0.4, -0.2) is 53.0 Å². The second kappa shape index (κ2) is 11.7. The first-order valence-electron chi connectivity index (χ1n) is 17.3. The maximum Gasteiger partial charge on any atom is 0.315 e. The molecule has 1 saturated heterocycles. The fourth-order valence-corrected chi connectivity index (χ4v) is 11.5. The van der Waals surface area contributed by atoms with Crippen LogP contribution in [0.15, 0.2) is 36.2 Å². The summed E-state index contributed by atoms with van der Waals surface area (Å²) < 4.78 is 7.29. The first-order chi connectivity index (χ1) is 20.7. The molecule has 4 fully saturated rings. The third-order valence-electron chi connectivity index (χ3n) is 13.1. The zero-order chi connectivity index (χ0) is 30.6. The van der Waals surface area contributed by atoms with Gasteiger partial charge in [0, 0.05) is 30.9 Å². The van der Waals surface area contributed by atoms with E-state index in [2.05, 4.69) is 56.8 Å². The number of aromatic nitrogens is 1. The summed E-state index contributed by atoms with van der Waals surface area (Å²) in [5, 5.41) is 11.5. The average molecular weight is 591 g/mol. The van der Waals surface area contributed by atoms with Crippen molar-refractivity contribution in [1.82, 2.24) is 9.88 Å². The fraction of sp³-hybridized carbons (Fsp3) is 0.757. The molecule has 10 atom stereocenters. The summed E-state index contributed by atoms with van der Waals surface area (Å²) in [6.45, 7) is 10.5. The molecule has 0 radical (unpaired) electrons. The van der Waals surface area contributed by atoms with Crippen LogP contribution in [0.4, 0.5) is 0 Å². The lowest BCUT2D eigenvalue weighted by Gasteiger charge is -2.60. The van der Waals surface area contributed by atoms with Gasteiger partial charge in [0.1, 0.15) is 11.7 Å². The van der Waals surface area contributed by atoms with Gasteiger partial charge in [-0.2, -0.15) is 0 Å². The van der Waals surface area contributed by atoms with Crippen LogP contribution in [0.2, 0.25) is 0 Å². The molecule has 4 aliphatic carbocycles. The van der Waals surface area contributed by atoms with Crippen LogP contribution in [0.5, 0.6) is 0 Å². The molecule has 4 bridgehead atoms. The molecule has 1 aromatic heterocycles. The van der Waals surface area contributed by atoms with Crippen molar-refractivity contribution < 1.29 is 19.4 Å². The summed E-state index contributed by atoms with van der Waals surface area (Å²) in [4.78, 5) is 34.2. The fourth-order valence-electron chi connectivity index (χ4n) is 11.5. The van der Waals surface area contributed by atoms with Crippen LogP contribution >= 0.6 is 0 Å². The molecule has 6 nitrogen and oxygen atoms in total. The number of fused-ring (bicyclic) bond motifs is 2. The van der Waals surface area contributed by atoms with Crippen LogP contribution in [0, 0.1) is 51.8 Å². The molecule has 6 unspecified atom stereocenters. The first-order valence-corrected chi connectivity index (χ1v) is 17.3. The summed E-state index contributed by atoms with van der Waals surface area (Å²) in [5.41, 5.74) is -0.356. The lowest BCUT2D eigenvalue weighted by molar-refractivity contribution is -0.197. The van der Waals surface area contributed by atoms with Crippen LogP contribution in [0.25, 0.3) is 0 Å². The quantitative estimate of drug-likeness (QED) is 0.149. The molecule has 1 aromatic rings. The average Bonchev–Trinajstić information content (AvgIpc) is 3.69. The normalized spacial score (nSPS) is 41.2. The van der Waals surface area contributed by atoms with Gasteiger partial charge in [0.2, 0.25) is 0 Å². The lowest BCUT2D eigenvalue weighted by atomic mass is 9.41. The number of carboxylic acids is 1. The predicted molar refractivity (Wildman–Crippen MR) is 168 cm³/mol. The number of carbonyl (C=O) groups is 2. The molecule has 0 spiro atoms. The minimum atomic E-state index is -1.17. The van der Waals surface area contributed by atoms with Gasteiger partial charge in [-0.15, -0.1) is 0 Å². The number of carbonyl (C=O) groups excluding carboxylic acids is 1. The van der Waals surface area contributed by atoms with E-state index in [0.29, 0.717) is 24.2 Å². The summed E-state index contributed by atoms with van der Waals surface area (Å²) in [5.74, 6) is 0.862. The Morgan fingerprint density at radius 3 is 2.72 bits per heavy atom. The smallest absolute Gasteiger partial charge is 0.315 e. The number of aldehydes is 1. The van der Waals surface area contributed by atoms with Crippen molar-refractivity contribution in [3.63, 3.8) is 0 Å². The highest BCUT2D eigenvalue weighted by Crippen LogP contribution is 2.84. The number of pyridine rings is 1. The molecule has 6 rings (SSSR count). The van der Waals surface area contributed by atoms with E-state index in [1.807, 2.05) is 18.5 Å². The number of allylic oxidation sites excluding steroid dienone is 1. The van der Waals surface area contributed by atoms with Gasteiger partial charge in [0.05, 0.1) is 17.6 Å². The Morgan fingerprint density at radius 2 is 2.05 bits per heavy atom.